The number of hydrogen-bond acceptors (Lipinski definition) is 4. The summed E-state index contributed by atoms with van der Waals surface area (Å²) in [5.41, 5.74) is 1.64. The Morgan fingerprint density at radius 3 is 2.16 bits per heavy atom. The molecule has 0 fully saturated rings. The fourth-order valence-corrected chi connectivity index (χ4v) is 4.18. The first-order valence-electron chi connectivity index (χ1n) is 8.19. The summed E-state index contributed by atoms with van der Waals surface area (Å²) >= 11 is 0. The van der Waals surface area contributed by atoms with E-state index in [0.29, 0.717) is 12.0 Å². The van der Waals surface area contributed by atoms with Crippen molar-refractivity contribution >= 4 is 21.4 Å². The first-order valence-corrected chi connectivity index (χ1v) is 9.73. The normalized spacial score (nSPS) is 12.4. The lowest BCUT2D eigenvalue weighted by Gasteiger charge is -2.20. The summed E-state index contributed by atoms with van der Waals surface area (Å²) in [6.07, 6.45) is 0.317. The molecule has 0 aromatic heterocycles. The van der Waals surface area contributed by atoms with Gasteiger partial charge in [-0.05, 0) is 29.8 Å². The van der Waals surface area contributed by atoms with Crippen molar-refractivity contribution in [3.05, 3.63) is 60.2 Å². The van der Waals surface area contributed by atoms with Gasteiger partial charge in [0.25, 0.3) is 0 Å². The summed E-state index contributed by atoms with van der Waals surface area (Å²) in [5.74, 6) is -0.168. The van der Waals surface area contributed by atoms with Crippen molar-refractivity contribution in [2.75, 3.05) is 25.5 Å². The number of nitrogens with zero attached hydrogens (tertiary/aromatic N) is 1. The Balaban J connectivity index is 2.40. The van der Waals surface area contributed by atoms with Crippen molar-refractivity contribution in [2.45, 2.75) is 23.5 Å². The highest BCUT2D eigenvalue weighted by molar-refractivity contribution is 7.91. The van der Waals surface area contributed by atoms with Gasteiger partial charge in [0.1, 0.15) is 5.25 Å². The molecule has 0 aliphatic rings. The van der Waals surface area contributed by atoms with E-state index in [1.165, 1.54) is 0 Å². The lowest BCUT2D eigenvalue weighted by Crippen LogP contribution is -2.31. The number of nitrogens with one attached hydrogen (secondary N) is 1. The lowest BCUT2D eigenvalue weighted by atomic mass is 10.1. The van der Waals surface area contributed by atoms with Crippen LogP contribution in [0.2, 0.25) is 0 Å². The van der Waals surface area contributed by atoms with Crippen molar-refractivity contribution < 1.29 is 13.2 Å². The van der Waals surface area contributed by atoms with Crippen LogP contribution in [-0.4, -0.2) is 35.0 Å². The van der Waals surface area contributed by atoms with Gasteiger partial charge in [0.15, 0.2) is 9.84 Å². The van der Waals surface area contributed by atoms with E-state index in [-0.39, 0.29) is 17.3 Å². The first-order chi connectivity index (χ1) is 11.9. The van der Waals surface area contributed by atoms with E-state index in [0.717, 1.165) is 5.69 Å². The molecule has 0 saturated heterocycles. The first kappa shape index (κ1) is 19.0. The highest BCUT2D eigenvalue weighted by atomic mass is 32.2. The molecule has 2 aromatic rings. The van der Waals surface area contributed by atoms with Crippen LogP contribution < -0.4 is 10.2 Å². The van der Waals surface area contributed by atoms with E-state index in [1.807, 2.05) is 31.1 Å². The van der Waals surface area contributed by atoms with Gasteiger partial charge in [0.2, 0.25) is 5.91 Å². The van der Waals surface area contributed by atoms with Crippen molar-refractivity contribution in [3.63, 3.8) is 0 Å². The molecule has 0 unspecified atom stereocenters. The van der Waals surface area contributed by atoms with Gasteiger partial charge >= 0.3 is 0 Å². The van der Waals surface area contributed by atoms with Gasteiger partial charge in [-0.2, -0.15) is 0 Å². The maximum absolute atomic E-state index is 13.1. The third-order valence-corrected chi connectivity index (χ3v) is 6.15. The third-order valence-electron chi connectivity index (χ3n) is 4.03. The van der Waals surface area contributed by atoms with Gasteiger partial charge in [0, 0.05) is 32.7 Å². The molecule has 1 amide bonds. The summed E-state index contributed by atoms with van der Waals surface area (Å²) < 4.78 is 26.2. The van der Waals surface area contributed by atoms with Crippen LogP contribution in [0, 0.1) is 0 Å². The van der Waals surface area contributed by atoms with Crippen LogP contribution in [0.5, 0.6) is 0 Å². The van der Waals surface area contributed by atoms with Gasteiger partial charge in [-0.25, -0.2) is 8.42 Å². The van der Waals surface area contributed by atoms with Crippen LogP contribution in [0.25, 0.3) is 0 Å². The fraction of sp³-hybridized carbons (Fsp3) is 0.316. The van der Waals surface area contributed by atoms with E-state index >= 15 is 0 Å². The summed E-state index contributed by atoms with van der Waals surface area (Å²) in [7, 11) is 0.231. The summed E-state index contributed by atoms with van der Waals surface area (Å²) in [4.78, 5) is 13.8. The number of carbonyl (C=O) groups is 1. The quantitative estimate of drug-likeness (QED) is 0.824. The van der Waals surface area contributed by atoms with Crippen LogP contribution in [0.4, 0.5) is 5.69 Å². The summed E-state index contributed by atoms with van der Waals surface area (Å²) in [5, 5.41) is 1.88. The summed E-state index contributed by atoms with van der Waals surface area (Å²) in [6.45, 7) is 1.78. The second kappa shape index (κ2) is 8.16. The monoisotopic (exact) mass is 360 g/mol. The Morgan fingerprint density at radius 2 is 1.64 bits per heavy atom. The van der Waals surface area contributed by atoms with E-state index in [2.05, 4.69) is 5.32 Å². The Hall–Kier alpha value is -2.34. The highest BCUT2D eigenvalue weighted by Crippen LogP contribution is 2.29. The Morgan fingerprint density at radius 1 is 1.04 bits per heavy atom. The second-order valence-electron chi connectivity index (χ2n) is 5.99. The van der Waals surface area contributed by atoms with E-state index in [9.17, 15) is 13.2 Å². The van der Waals surface area contributed by atoms with Gasteiger partial charge in [-0.3, -0.25) is 4.79 Å². The minimum atomic E-state index is -3.62. The maximum atomic E-state index is 13.1. The minimum absolute atomic E-state index is 0.0468. The molecule has 0 bridgehead atoms. The number of rotatable bonds is 7. The van der Waals surface area contributed by atoms with Crippen LogP contribution in [-0.2, 0) is 14.6 Å². The molecular formula is C19H24N2O3S. The molecule has 25 heavy (non-hydrogen) atoms. The molecule has 0 aliphatic carbocycles. The largest absolute Gasteiger partial charge is 0.378 e. The van der Waals surface area contributed by atoms with Crippen molar-refractivity contribution in [3.8, 4) is 0 Å². The van der Waals surface area contributed by atoms with E-state index in [1.54, 1.807) is 49.4 Å². The van der Waals surface area contributed by atoms with Crippen LogP contribution in [0.15, 0.2) is 59.5 Å². The number of sulfone groups is 1. The number of benzene rings is 2. The molecule has 6 heteroatoms. The molecular weight excluding hydrogens is 336 g/mol. The van der Waals surface area contributed by atoms with Crippen molar-refractivity contribution in [2.24, 2.45) is 0 Å². The molecule has 0 heterocycles. The third kappa shape index (κ3) is 4.60. The maximum Gasteiger partial charge on any atom is 0.219 e. The molecule has 0 aliphatic heterocycles. The average molecular weight is 360 g/mol. The topological polar surface area (TPSA) is 66.5 Å². The molecule has 0 saturated carbocycles. The predicted octanol–water partition coefficient (Wildman–Crippen LogP) is 2.79. The van der Waals surface area contributed by atoms with Crippen LogP contribution in [0.3, 0.4) is 0 Å². The molecule has 134 valence electrons. The lowest BCUT2D eigenvalue weighted by molar-refractivity contribution is -0.120. The zero-order valence-electron chi connectivity index (χ0n) is 14.8. The molecule has 2 aromatic carbocycles. The molecule has 0 spiro atoms. The second-order valence-corrected chi connectivity index (χ2v) is 8.12. The van der Waals surface area contributed by atoms with Gasteiger partial charge in [-0.1, -0.05) is 37.3 Å². The Kier molecular flexibility index (Phi) is 6.20. The summed E-state index contributed by atoms with van der Waals surface area (Å²) in [6, 6.07) is 15.7. The number of anilines is 1. The highest BCUT2D eigenvalue weighted by Gasteiger charge is 2.29. The number of hydrogen-bond donors (Lipinski definition) is 1. The smallest absolute Gasteiger partial charge is 0.219 e. The van der Waals surface area contributed by atoms with Crippen molar-refractivity contribution in [1.82, 2.24) is 5.32 Å². The molecule has 5 nitrogen and oxygen atoms in total. The average Bonchev–Trinajstić information content (AvgIpc) is 2.62. The Bertz CT molecular complexity index is 800. The van der Waals surface area contributed by atoms with Crippen LogP contribution in [0.1, 0.15) is 24.2 Å². The Labute approximate surface area is 149 Å². The van der Waals surface area contributed by atoms with E-state index < -0.39 is 15.1 Å². The molecule has 2 rings (SSSR count). The molecule has 1 N–H and O–H groups in total. The zero-order valence-corrected chi connectivity index (χ0v) is 15.6. The SMILES string of the molecule is CCC(=O)NC[C@@H](c1ccc(N(C)C)cc1)S(=O)(=O)c1ccccc1. The van der Waals surface area contributed by atoms with Crippen LogP contribution >= 0.6 is 0 Å². The minimum Gasteiger partial charge on any atom is -0.378 e. The standard InChI is InChI=1S/C19H24N2O3S/c1-4-19(22)20-14-18(15-10-12-16(13-11-15)21(2)3)25(23,24)17-8-6-5-7-9-17/h5-13,18H,4,14H2,1-3H3,(H,20,22)/t18-/m0/s1. The van der Waals surface area contributed by atoms with Crippen molar-refractivity contribution in [1.29, 1.82) is 0 Å². The molecule has 0 radical (unpaired) electrons. The zero-order chi connectivity index (χ0) is 18.4. The predicted molar refractivity (Wildman–Crippen MR) is 100 cm³/mol. The fourth-order valence-electron chi connectivity index (χ4n) is 2.50. The number of amides is 1. The number of carbonyl (C=O) groups excluding carboxylic acids is 1. The van der Waals surface area contributed by atoms with Gasteiger partial charge in [0.05, 0.1) is 4.90 Å². The van der Waals surface area contributed by atoms with Gasteiger partial charge < -0.3 is 10.2 Å². The van der Waals surface area contributed by atoms with Gasteiger partial charge in [-0.15, -0.1) is 0 Å². The van der Waals surface area contributed by atoms with E-state index in [4.69, 9.17) is 0 Å². The molecule has 1 atom stereocenters.